The number of aromatic nitrogens is 4. The number of hydrogen-bond acceptors (Lipinski definition) is 4. The van der Waals surface area contributed by atoms with Crippen molar-refractivity contribution in [1.82, 2.24) is 18.7 Å². The molecule has 0 unspecified atom stereocenters. The third-order valence-electron chi connectivity index (χ3n) is 6.37. The van der Waals surface area contributed by atoms with Gasteiger partial charge in [-0.25, -0.2) is 9.18 Å². The van der Waals surface area contributed by atoms with Gasteiger partial charge in [0.05, 0.1) is 6.54 Å². The van der Waals surface area contributed by atoms with Gasteiger partial charge in [0.15, 0.2) is 11.2 Å². The first-order valence-corrected chi connectivity index (χ1v) is 10.7. The molecule has 32 heavy (non-hydrogen) atoms. The topological polar surface area (TPSA) is 65.1 Å². The molecule has 0 bridgehead atoms. The van der Waals surface area contributed by atoms with Crippen molar-refractivity contribution in [3.8, 4) is 0 Å². The normalized spacial score (nSPS) is 13.6. The van der Waals surface area contributed by atoms with Crippen LogP contribution in [0.15, 0.2) is 52.1 Å². The number of fused-ring (bicyclic) bond motifs is 3. The summed E-state index contributed by atoms with van der Waals surface area (Å²) in [4.78, 5) is 33.3. The fourth-order valence-electron chi connectivity index (χ4n) is 4.46. The largest absolute Gasteiger partial charge is 0.332 e. The minimum Gasteiger partial charge on any atom is -0.312 e. The van der Waals surface area contributed by atoms with Gasteiger partial charge in [-0.2, -0.15) is 4.98 Å². The zero-order valence-electron chi connectivity index (χ0n) is 18.3. The number of aryl methyl sites for hydroxylation is 3. The van der Waals surface area contributed by atoms with Crippen LogP contribution in [0.5, 0.6) is 0 Å². The lowest BCUT2D eigenvalue weighted by atomic mass is 10.1. The number of nitrogens with zero attached hydrogens (tertiary/aromatic N) is 5. The second-order valence-electron chi connectivity index (χ2n) is 8.28. The summed E-state index contributed by atoms with van der Waals surface area (Å²) in [5.41, 5.74) is 3.41. The van der Waals surface area contributed by atoms with Crippen molar-refractivity contribution in [1.29, 1.82) is 0 Å². The highest BCUT2D eigenvalue weighted by Gasteiger charge is 2.28. The Labute approximate surface area is 184 Å². The average molecular weight is 433 g/mol. The molecule has 4 aromatic rings. The number of imidazole rings is 1. The third-order valence-corrected chi connectivity index (χ3v) is 6.37. The highest BCUT2D eigenvalue weighted by molar-refractivity contribution is 5.77. The number of halogens is 1. The Morgan fingerprint density at radius 2 is 1.81 bits per heavy atom. The van der Waals surface area contributed by atoms with Gasteiger partial charge in [-0.05, 0) is 43.5 Å². The van der Waals surface area contributed by atoms with Gasteiger partial charge in [-0.15, -0.1) is 0 Å². The second-order valence-corrected chi connectivity index (χ2v) is 8.28. The van der Waals surface area contributed by atoms with E-state index >= 15 is 0 Å². The maximum atomic E-state index is 14.2. The van der Waals surface area contributed by atoms with E-state index in [4.69, 9.17) is 4.98 Å². The zero-order chi connectivity index (χ0) is 22.6. The second kappa shape index (κ2) is 7.47. The molecule has 2 aromatic carbocycles. The Morgan fingerprint density at radius 3 is 2.59 bits per heavy atom. The maximum Gasteiger partial charge on any atom is 0.332 e. The van der Waals surface area contributed by atoms with E-state index in [1.54, 1.807) is 25.2 Å². The van der Waals surface area contributed by atoms with Crippen LogP contribution in [0, 0.1) is 19.7 Å². The maximum absolute atomic E-state index is 14.2. The fourth-order valence-corrected chi connectivity index (χ4v) is 4.46. The van der Waals surface area contributed by atoms with Gasteiger partial charge >= 0.3 is 5.69 Å². The molecular formula is C24H24FN5O2. The monoisotopic (exact) mass is 433 g/mol. The van der Waals surface area contributed by atoms with Gasteiger partial charge in [0.25, 0.3) is 5.56 Å². The van der Waals surface area contributed by atoms with E-state index in [9.17, 15) is 14.0 Å². The molecule has 0 radical (unpaired) electrons. The number of hydrogen-bond donors (Lipinski definition) is 0. The Kier molecular flexibility index (Phi) is 4.73. The molecular weight excluding hydrogens is 409 g/mol. The van der Waals surface area contributed by atoms with E-state index in [2.05, 4.69) is 24.8 Å². The van der Waals surface area contributed by atoms with Crippen molar-refractivity contribution in [2.75, 3.05) is 11.4 Å². The van der Waals surface area contributed by atoms with Crippen molar-refractivity contribution in [3.63, 3.8) is 0 Å². The van der Waals surface area contributed by atoms with Crippen LogP contribution in [0.1, 0.15) is 23.1 Å². The molecule has 2 aromatic heterocycles. The Morgan fingerprint density at radius 1 is 1.03 bits per heavy atom. The molecule has 7 nitrogen and oxygen atoms in total. The molecule has 164 valence electrons. The van der Waals surface area contributed by atoms with Gasteiger partial charge in [-0.1, -0.05) is 30.3 Å². The lowest BCUT2D eigenvalue weighted by Gasteiger charge is -2.30. The SMILES string of the molecule is Cc1cccc(N2CCCn3c2nc2c3c(=O)n(Cc3ccccc3F)c(=O)n2C)c1C. The van der Waals surface area contributed by atoms with Crippen molar-refractivity contribution < 1.29 is 4.39 Å². The Bertz CT molecular complexity index is 1480. The van der Waals surface area contributed by atoms with E-state index < -0.39 is 17.1 Å². The summed E-state index contributed by atoms with van der Waals surface area (Å²) in [6.45, 7) is 5.40. The highest BCUT2D eigenvalue weighted by Crippen LogP contribution is 2.33. The van der Waals surface area contributed by atoms with E-state index in [-0.39, 0.29) is 6.54 Å². The number of benzene rings is 2. The number of anilines is 2. The minimum atomic E-state index is -0.514. The molecule has 5 rings (SSSR count). The molecule has 0 amide bonds. The van der Waals surface area contributed by atoms with Crippen LogP contribution < -0.4 is 16.1 Å². The molecule has 0 saturated heterocycles. The quantitative estimate of drug-likeness (QED) is 0.498. The van der Waals surface area contributed by atoms with Crippen LogP contribution in [0.3, 0.4) is 0 Å². The third kappa shape index (κ3) is 2.97. The first kappa shape index (κ1) is 20.2. The first-order chi connectivity index (χ1) is 15.4. The van der Waals surface area contributed by atoms with E-state index in [1.165, 1.54) is 16.2 Å². The first-order valence-electron chi connectivity index (χ1n) is 10.7. The minimum absolute atomic E-state index is 0.130. The zero-order valence-corrected chi connectivity index (χ0v) is 18.3. The van der Waals surface area contributed by atoms with Crippen LogP contribution >= 0.6 is 0 Å². The summed E-state index contributed by atoms with van der Waals surface area (Å²) in [5.74, 6) is 0.202. The van der Waals surface area contributed by atoms with Crippen LogP contribution in [0.4, 0.5) is 16.0 Å². The van der Waals surface area contributed by atoms with Crippen molar-refractivity contribution >= 4 is 22.8 Å². The molecule has 1 aliphatic rings. The summed E-state index contributed by atoms with van der Waals surface area (Å²) in [6.07, 6.45) is 0.835. The van der Waals surface area contributed by atoms with E-state index in [0.717, 1.165) is 28.8 Å². The van der Waals surface area contributed by atoms with E-state index in [1.807, 2.05) is 16.7 Å². The van der Waals surface area contributed by atoms with Gasteiger partial charge in [-0.3, -0.25) is 13.9 Å². The molecule has 8 heteroatoms. The molecule has 0 N–H and O–H groups in total. The number of rotatable bonds is 3. The van der Waals surface area contributed by atoms with Gasteiger partial charge in [0.1, 0.15) is 5.82 Å². The summed E-state index contributed by atoms with van der Waals surface area (Å²) < 4.78 is 18.6. The molecule has 0 atom stereocenters. The highest BCUT2D eigenvalue weighted by atomic mass is 19.1. The predicted molar refractivity (Wildman–Crippen MR) is 122 cm³/mol. The Hall–Kier alpha value is -3.68. The smallest absolute Gasteiger partial charge is 0.312 e. The standard InChI is InChI=1S/C24H24FN5O2/c1-15-8-6-11-19(16(15)2)28-12-7-13-29-20-21(26-23(28)29)27(3)24(32)30(22(20)31)14-17-9-4-5-10-18(17)25/h4-6,8-11H,7,12-14H2,1-3H3. The molecule has 0 saturated carbocycles. The molecule has 1 aliphatic heterocycles. The van der Waals surface area contributed by atoms with Crippen LogP contribution in [0.25, 0.3) is 11.2 Å². The summed E-state index contributed by atoms with van der Waals surface area (Å²) in [7, 11) is 1.60. The van der Waals surface area contributed by atoms with Gasteiger partial charge in [0, 0.05) is 31.4 Å². The summed E-state index contributed by atoms with van der Waals surface area (Å²) >= 11 is 0. The lowest BCUT2D eigenvalue weighted by molar-refractivity contribution is 0.577. The molecule has 0 aliphatic carbocycles. The summed E-state index contributed by atoms with van der Waals surface area (Å²) in [6, 6.07) is 12.3. The fraction of sp³-hybridized carbons (Fsp3) is 0.292. The lowest BCUT2D eigenvalue weighted by Crippen LogP contribution is -2.40. The van der Waals surface area contributed by atoms with Crippen molar-refractivity contribution in [3.05, 3.63) is 85.8 Å². The van der Waals surface area contributed by atoms with Crippen LogP contribution in [-0.2, 0) is 20.1 Å². The van der Waals surface area contributed by atoms with Crippen molar-refractivity contribution in [2.45, 2.75) is 33.4 Å². The van der Waals surface area contributed by atoms with E-state index in [0.29, 0.717) is 29.2 Å². The Balaban J connectivity index is 1.73. The molecule has 3 heterocycles. The average Bonchev–Trinajstić information content (AvgIpc) is 3.18. The predicted octanol–water partition coefficient (Wildman–Crippen LogP) is 3.24. The van der Waals surface area contributed by atoms with Gasteiger partial charge in [0.2, 0.25) is 5.95 Å². The van der Waals surface area contributed by atoms with Crippen LogP contribution in [0.2, 0.25) is 0 Å². The molecule has 0 fully saturated rings. The summed E-state index contributed by atoms with van der Waals surface area (Å²) in [5, 5.41) is 0. The van der Waals surface area contributed by atoms with Crippen LogP contribution in [-0.4, -0.2) is 25.2 Å². The van der Waals surface area contributed by atoms with Crippen molar-refractivity contribution in [2.24, 2.45) is 7.05 Å². The molecule has 0 spiro atoms. The van der Waals surface area contributed by atoms with Gasteiger partial charge < -0.3 is 9.47 Å².